The molecule has 26 heavy (non-hydrogen) atoms. The molecule has 130 valence electrons. The van der Waals surface area contributed by atoms with Gasteiger partial charge in [-0.15, -0.1) is 0 Å². The van der Waals surface area contributed by atoms with Gasteiger partial charge in [0, 0.05) is 15.9 Å². The fraction of sp³-hybridized carbons (Fsp3) is 0.0952. The molecular formula is C21H15BrClFN2. The van der Waals surface area contributed by atoms with Crippen molar-refractivity contribution in [1.82, 2.24) is 0 Å². The van der Waals surface area contributed by atoms with Crippen LogP contribution in [0.3, 0.4) is 0 Å². The van der Waals surface area contributed by atoms with Crippen LogP contribution in [0.25, 0.3) is 0 Å². The molecule has 0 N–H and O–H groups in total. The lowest BCUT2D eigenvalue weighted by Crippen LogP contribution is -2.19. The smallest absolute Gasteiger partial charge is 0.148 e. The monoisotopic (exact) mass is 428 g/mol. The summed E-state index contributed by atoms with van der Waals surface area (Å²) in [5, 5.41) is 7.22. The first-order valence-corrected chi connectivity index (χ1v) is 9.41. The Morgan fingerprint density at radius 1 is 0.962 bits per heavy atom. The zero-order chi connectivity index (χ0) is 18.1. The normalized spacial score (nSPS) is 16.7. The third-order valence-electron chi connectivity index (χ3n) is 4.44. The number of para-hydroxylation sites is 1. The van der Waals surface area contributed by atoms with E-state index >= 15 is 0 Å². The summed E-state index contributed by atoms with van der Waals surface area (Å²) in [6.45, 7) is 0. The van der Waals surface area contributed by atoms with Crippen LogP contribution in [0.4, 0.5) is 10.1 Å². The molecule has 3 aromatic carbocycles. The molecule has 0 spiro atoms. The Kier molecular flexibility index (Phi) is 4.79. The van der Waals surface area contributed by atoms with Gasteiger partial charge in [0.05, 0.1) is 17.4 Å². The molecule has 0 aliphatic carbocycles. The predicted octanol–water partition coefficient (Wildman–Crippen LogP) is 6.60. The summed E-state index contributed by atoms with van der Waals surface area (Å²) in [5.74, 6) is -0.282. The molecule has 0 bridgehead atoms. The minimum absolute atomic E-state index is 0.0642. The van der Waals surface area contributed by atoms with Crippen LogP contribution in [0.1, 0.15) is 23.6 Å². The van der Waals surface area contributed by atoms with Crippen LogP contribution in [0.2, 0.25) is 5.02 Å². The molecule has 0 saturated carbocycles. The van der Waals surface area contributed by atoms with E-state index in [2.05, 4.69) is 15.9 Å². The van der Waals surface area contributed by atoms with Crippen LogP contribution in [-0.4, -0.2) is 5.71 Å². The van der Waals surface area contributed by atoms with Crippen molar-refractivity contribution in [1.29, 1.82) is 0 Å². The van der Waals surface area contributed by atoms with Gasteiger partial charge in [0.2, 0.25) is 0 Å². The van der Waals surface area contributed by atoms with Crippen LogP contribution in [0, 0.1) is 5.82 Å². The van der Waals surface area contributed by atoms with E-state index in [0.29, 0.717) is 17.1 Å². The zero-order valence-corrected chi connectivity index (χ0v) is 16.1. The Labute approximate surface area is 165 Å². The van der Waals surface area contributed by atoms with Crippen molar-refractivity contribution in [2.24, 2.45) is 5.10 Å². The zero-order valence-electron chi connectivity index (χ0n) is 13.7. The Morgan fingerprint density at radius 3 is 2.35 bits per heavy atom. The largest absolute Gasteiger partial charge is 0.254 e. The van der Waals surface area contributed by atoms with E-state index in [1.165, 1.54) is 6.07 Å². The number of hydrogen-bond donors (Lipinski definition) is 0. The van der Waals surface area contributed by atoms with Crippen LogP contribution in [-0.2, 0) is 0 Å². The maximum atomic E-state index is 14.4. The number of benzene rings is 3. The average Bonchev–Trinajstić information content (AvgIpc) is 3.08. The van der Waals surface area contributed by atoms with Crippen LogP contribution >= 0.6 is 27.5 Å². The third kappa shape index (κ3) is 3.39. The number of hydrogen-bond acceptors (Lipinski definition) is 2. The molecule has 3 aromatic rings. The number of anilines is 1. The van der Waals surface area contributed by atoms with Crippen molar-refractivity contribution in [3.63, 3.8) is 0 Å². The molecule has 0 unspecified atom stereocenters. The number of rotatable bonds is 3. The van der Waals surface area contributed by atoms with Gasteiger partial charge in [-0.3, -0.25) is 5.01 Å². The first-order chi connectivity index (χ1) is 12.6. The molecule has 5 heteroatoms. The molecule has 4 rings (SSSR count). The van der Waals surface area contributed by atoms with Gasteiger partial charge in [0.15, 0.2) is 0 Å². The molecular weight excluding hydrogens is 415 g/mol. The molecule has 0 amide bonds. The highest BCUT2D eigenvalue weighted by Crippen LogP contribution is 2.38. The molecule has 0 fully saturated rings. The van der Waals surface area contributed by atoms with Crippen molar-refractivity contribution < 1.29 is 4.39 Å². The molecule has 1 aliphatic rings. The van der Waals surface area contributed by atoms with Gasteiger partial charge in [-0.2, -0.15) is 5.10 Å². The quantitative estimate of drug-likeness (QED) is 0.458. The van der Waals surface area contributed by atoms with Crippen molar-refractivity contribution >= 4 is 38.9 Å². The van der Waals surface area contributed by atoms with E-state index in [1.54, 1.807) is 17.1 Å². The lowest BCUT2D eigenvalue weighted by Gasteiger charge is -2.24. The van der Waals surface area contributed by atoms with Gasteiger partial charge >= 0.3 is 0 Å². The first kappa shape index (κ1) is 17.3. The minimum atomic E-state index is -0.282. The lowest BCUT2D eigenvalue weighted by atomic mass is 9.98. The highest BCUT2D eigenvalue weighted by Gasteiger charge is 2.31. The van der Waals surface area contributed by atoms with Crippen LogP contribution in [0.15, 0.2) is 82.4 Å². The second-order valence-electron chi connectivity index (χ2n) is 6.12. The fourth-order valence-electron chi connectivity index (χ4n) is 3.13. The molecule has 2 nitrogen and oxygen atoms in total. The summed E-state index contributed by atoms with van der Waals surface area (Å²) in [5.41, 5.74) is 3.47. The number of nitrogens with zero attached hydrogens (tertiary/aromatic N) is 2. The molecule has 0 aromatic heterocycles. The lowest BCUT2D eigenvalue weighted by molar-refractivity contribution is 0.606. The van der Waals surface area contributed by atoms with Gasteiger partial charge in [-0.05, 0) is 47.5 Å². The van der Waals surface area contributed by atoms with Crippen LogP contribution in [0.5, 0.6) is 0 Å². The maximum Gasteiger partial charge on any atom is 0.148 e. The van der Waals surface area contributed by atoms with Gasteiger partial charge in [-0.1, -0.05) is 63.9 Å². The van der Waals surface area contributed by atoms with Crippen molar-refractivity contribution in [3.8, 4) is 0 Å². The summed E-state index contributed by atoms with van der Waals surface area (Å²) in [7, 11) is 0. The SMILES string of the molecule is Fc1ccccc1N1N=C(c2ccc(Cl)cc2)C[C@H]1c1ccc(Br)cc1. The van der Waals surface area contributed by atoms with Gasteiger partial charge < -0.3 is 0 Å². The van der Waals surface area contributed by atoms with Crippen molar-refractivity contribution in [3.05, 3.63) is 99.2 Å². The Hall–Kier alpha value is -2.17. The average molecular weight is 430 g/mol. The number of hydrazone groups is 1. The third-order valence-corrected chi connectivity index (χ3v) is 5.22. The van der Waals surface area contributed by atoms with Crippen molar-refractivity contribution in [2.75, 3.05) is 5.01 Å². The fourth-order valence-corrected chi connectivity index (χ4v) is 3.52. The van der Waals surface area contributed by atoms with E-state index in [9.17, 15) is 4.39 Å². The Bertz CT molecular complexity index is 955. The van der Waals surface area contributed by atoms with Gasteiger partial charge in [-0.25, -0.2) is 4.39 Å². The number of halogens is 3. The second kappa shape index (κ2) is 7.22. The summed E-state index contributed by atoms with van der Waals surface area (Å²) in [4.78, 5) is 0. The standard InChI is InChI=1S/C21H15BrClFN2/c22-16-9-5-15(6-10-16)21-13-19(14-7-11-17(23)12-8-14)25-26(21)20-4-2-1-3-18(20)24/h1-12,21H,13H2/t21-/m0/s1. The minimum Gasteiger partial charge on any atom is -0.254 e. The molecule has 1 atom stereocenters. The van der Waals surface area contributed by atoms with Crippen LogP contribution < -0.4 is 5.01 Å². The Morgan fingerprint density at radius 2 is 1.65 bits per heavy atom. The molecule has 0 radical (unpaired) electrons. The molecule has 0 saturated heterocycles. The first-order valence-electron chi connectivity index (χ1n) is 8.24. The summed E-state index contributed by atoms with van der Waals surface area (Å²) < 4.78 is 15.5. The van der Waals surface area contributed by atoms with E-state index in [-0.39, 0.29) is 11.9 Å². The maximum absolute atomic E-state index is 14.4. The van der Waals surface area contributed by atoms with E-state index in [4.69, 9.17) is 16.7 Å². The second-order valence-corrected chi connectivity index (χ2v) is 7.47. The highest BCUT2D eigenvalue weighted by molar-refractivity contribution is 9.10. The molecule has 1 heterocycles. The van der Waals surface area contributed by atoms with Gasteiger partial charge in [0.1, 0.15) is 5.82 Å². The highest BCUT2D eigenvalue weighted by atomic mass is 79.9. The summed E-state index contributed by atoms with van der Waals surface area (Å²) >= 11 is 9.47. The Balaban J connectivity index is 1.77. The van der Waals surface area contributed by atoms with E-state index in [0.717, 1.165) is 21.3 Å². The van der Waals surface area contributed by atoms with Crippen molar-refractivity contribution in [2.45, 2.75) is 12.5 Å². The van der Waals surface area contributed by atoms with Gasteiger partial charge in [0.25, 0.3) is 0 Å². The summed E-state index contributed by atoms with van der Waals surface area (Å²) in [6, 6.07) is 22.3. The predicted molar refractivity (Wildman–Crippen MR) is 108 cm³/mol. The van der Waals surface area contributed by atoms with E-state index < -0.39 is 0 Å². The molecule has 1 aliphatic heterocycles. The topological polar surface area (TPSA) is 15.6 Å². The van der Waals surface area contributed by atoms with E-state index in [1.807, 2.05) is 54.6 Å². The summed E-state index contributed by atoms with van der Waals surface area (Å²) in [6.07, 6.45) is 0.692.